The van der Waals surface area contributed by atoms with Crippen LogP contribution >= 0.6 is 0 Å². The molecule has 0 aromatic heterocycles. The zero-order chi connectivity index (χ0) is 18.2. The number of carbonyl (C=O) groups is 1. The Bertz CT molecular complexity index is 636. The van der Waals surface area contributed by atoms with E-state index in [0.717, 1.165) is 25.1 Å². The van der Waals surface area contributed by atoms with E-state index >= 15 is 0 Å². The van der Waals surface area contributed by atoms with E-state index in [1.165, 1.54) is 6.07 Å². The summed E-state index contributed by atoms with van der Waals surface area (Å²) in [6.07, 6.45) is 1.75. The van der Waals surface area contributed by atoms with Crippen LogP contribution in [0.1, 0.15) is 33.6 Å². The number of piperidine rings is 1. The van der Waals surface area contributed by atoms with Crippen molar-refractivity contribution >= 4 is 11.7 Å². The Balaban J connectivity index is 1.71. The quantitative estimate of drug-likeness (QED) is 0.893. The number of anilines is 1. The number of hydrogen-bond donors (Lipinski definition) is 1. The van der Waals surface area contributed by atoms with Crippen molar-refractivity contribution in [2.45, 2.75) is 50.8 Å². The summed E-state index contributed by atoms with van der Waals surface area (Å²) >= 11 is 0. The topological polar surface area (TPSA) is 44.8 Å². The van der Waals surface area contributed by atoms with Crippen LogP contribution in [0.3, 0.4) is 0 Å². The van der Waals surface area contributed by atoms with E-state index in [2.05, 4.69) is 10.2 Å². The van der Waals surface area contributed by atoms with Gasteiger partial charge in [0.1, 0.15) is 5.82 Å². The number of nitrogens with zero attached hydrogens (tertiary/aromatic N) is 2. The maximum absolute atomic E-state index is 13.6. The monoisotopic (exact) mass is 349 g/mol. The van der Waals surface area contributed by atoms with Crippen molar-refractivity contribution in [3.63, 3.8) is 0 Å². The number of urea groups is 1. The fraction of sp³-hybridized carbons (Fsp3) is 0.632. The van der Waals surface area contributed by atoms with Crippen LogP contribution in [0.2, 0.25) is 0 Å². The van der Waals surface area contributed by atoms with E-state index in [1.807, 2.05) is 31.7 Å². The van der Waals surface area contributed by atoms with Gasteiger partial charge in [-0.05, 0) is 51.8 Å². The number of nitrogens with one attached hydrogen (secondary N) is 1. The Labute approximate surface area is 149 Å². The number of ether oxygens (including phenoxy) is 1. The van der Waals surface area contributed by atoms with Gasteiger partial charge in [-0.1, -0.05) is 6.07 Å². The lowest BCUT2D eigenvalue weighted by Crippen LogP contribution is -2.75. The summed E-state index contributed by atoms with van der Waals surface area (Å²) in [4.78, 5) is 16.5. The first kappa shape index (κ1) is 18.0. The molecule has 5 nitrogen and oxygen atoms in total. The number of halogens is 1. The highest BCUT2D eigenvalue weighted by molar-refractivity contribution is 5.75. The standard InChI is InChI=1S/C19H28FN3O2/c1-18(2,3)21-17(24)22-10-8-19(9-11-22)16(25-4)13-23(19)15-7-5-6-14(20)12-15/h5-7,12,16H,8-11,13H2,1-4H3,(H,21,24). The third-order valence-electron chi connectivity index (χ3n) is 5.29. The van der Waals surface area contributed by atoms with E-state index in [1.54, 1.807) is 19.2 Å². The van der Waals surface area contributed by atoms with Crippen LogP contribution in [0.4, 0.5) is 14.9 Å². The predicted molar refractivity (Wildman–Crippen MR) is 96.4 cm³/mol. The van der Waals surface area contributed by atoms with Crippen molar-refractivity contribution in [3.8, 4) is 0 Å². The van der Waals surface area contributed by atoms with Gasteiger partial charge < -0.3 is 19.9 Å². The van der Waals surface area contributed by atoms with Gasteiger partial charge in [-0.25, -0.2) is 9.18 Å². The fourth-order valence-corrected chi connectivity index (χ4v) is 3.97. The SMILES string of the molecule is COC1CN(c2cccc(F)c2)C12CCN(C(=O)NC(C)(C)C)CC2. The predicted octanol–water partition coefficient (Wildman–Crippen LogP) is 3.00. The van der Waals surface area contributed by atoms with Gasteiger partial charge in [0, 0.05) is 38.0 Å². The van der Waals surface area contributed by atoms with Gasteiger partial charge in [-0.3, -0.25) is 0 Å². The van der Waals surface area contributed by atoms with E-state index in [4.69, 9.17) is 4.74 Å². The third kappa shape index (κ3) is 3.45. The van der Waals surface area contributed by atoms with Crippen LogP contribution in [0.25, 0.3) is 0 Å². The van der Waals surface area contributed by atoms with Crippen molar-refractivity contribution < 1.29 is 13.9 Å². The minimum atomic E-state index is -0.245. The van der Waals surface area contributed by atoms with Gasteiger partial charge in [-0.2, -0.15) is 0 Å². The number of hydrogen-bond acceptors (Lipinski definition) is 3. The lowest BCUT2D eigenvalue weighted by Gasteiger charge is -2.61. The molecule has 0 bridgehead atoms. The summed E-state index contributed by atoms with van der Waals surface area (Å²) < 4.78 is 19.3. The number of rotatable bonds is 2. The first-order valence-electron chi connectivity index (χ1n) is 8.88. The normalized spacial score (nSPS) is 22.7. The molecule has 2 saturated heterocycles. The molecule has 1 atom stereocenters. The van der Waals surface area contributed by atoms with Gasteiger partial charge in [0.05, 0.1) is 11.6 Å². The highest BCUT2D eigenvalue weighted by atomic mass is 19.1. The van der Waals surface area contributed by atoms with Crippen LogP contribution in [0.15, 0.2) is 24.3 Å². The van der Waals surface area contributed by atoms with Crippen molar-refractivity contribution in [2.24, 2.45) is 0 Å². The second-order valence-corrected chi connectivity index (χ2v) is 8.09. The Morgan fingerprint density at radius 1 is 1.32 bits per heavy atom. The molecule has 3 rings (SSSR count). The molecular weight excluding hydrogens is 321 g/mol. The summed E-state index contributed by atoms with van der Waals surface area (Å²) in [5, 5.41) is 3.02. The lowest BCUT2D eigenvalue weighted by molar-refractivity contribution is -0.0418. The molecule has 2 fully saturated rings. The van der Waals surface area contributed by atoms with E-state index in [0.29, 0.717) is 13.1 Å². The molecule has 0 radical (unpaired) electrons. The fourth-order valence-electron chi connectivity index (χ4n) is 3.97. The van der Waals surface area contributed by atoms with Crippen molar-refractivity contribution in [2.75, 3.05) is 31.6 Å². The molecule has 2 amide bonds. The molecular formula is C19H28FN3O2. The van der Waals surface area contributed by atoms with Crippen LogP contribution < -0.4 is 10.2 Å². The average Bonchev–Trinajstić information content (AvgIpc) is 2.53. The molecule has 1 aromatic carbocycles. The first-order chi connectivity index (χ1) is 11.7. The molecule has 1 unspecified atom stereocenters. The van der Waals surface area contributed by atoms with Crippen LogP contribution in [-0.2, 0) is 4.74 Å². The largest absolute Gasteiger partial charge is 0.377 e. The molecule has 138 valence electrons. The molecule has 1 spiro atoms. The molecule has 1 aromatic rings. The van der Waals surface area contributed by atoms with Crippen molar-refractivity contribution in [3.05, 3.63) is 30.1 Å². The molecule has 0 saturated carbocycles. The summed E-state index contributed by atoms with van der Waals surface area (Å²) in [6, 6.07) is 6.70. The minimum absolute atomic E-state index is 0.0204. The van der Waals surface area contributed by atoms with Gasteiger partial charge in [0.15, 0.2) is 0 Å². The smallest absolute Gasteiger partial charge is 0.317 e. The second-order valence-electron chi connectivity index (χ2n) is 8.09. The Morgan fingerprint density at radius 3 is 2.56 bits per heavy atom. The summed E-state index contributed by atoms with van der Waals surface area (Å²) in [5.41, 5.74) is 0.493. The van der Waals surface area contributed by atoms with Crippen LogP contribution in [-0.4, -0.2) is 54.9 Å². The zero-order valence-corrected chi connectivity index (χ0v) is 15.5. The van der Waals surface area contributed by atoms with Gasteiger partial charge in [0.25, 0.3) is 0 Å². The highest BCUT2D eigenvalue weighted by Crippen LogP contribution is 2.44. The van der Waals surface area contributed by atoms with E-state index in [9.17, 15) is 9.18 Å². The van der Waals surface area contributed by atoms with Crippen molar-refractivity contribution in [1.82, 2.24) is 10.2 Å². The molecule has 25 heavy (non-hydrogen) atoms. The number of likely N-dealkylation sites (tertiary alicyclic amines) is 1. The number of carbonyl (C=O) groups excluding carboxylic acids is 1. The Morgan fingerprint density at radius 2 is 2.00 bits per heavy atom. The third-order valence-corrected chi connectivity index (χ3v) is 5.29. The molecule has 0 aliphatic carbocycles. The molecule has 1 N–H and O–H groups in total. The number of benzene rings is 1. The van der Waals surface area contributed by atoms with Crippen LogP contribution in [0, 0.1) is 5.82 Å². The number of methoxy groups -OCH3 is 1. The van der Waals surface area contributed by atoms with E-state index < -0.39 is 0 Å². The molecule has 6 heteroatoms. The van der Waals surface area contributed by atoms with E-state index in [-0.39, 0.29) is 29.0 Å². The van der Waals surface area contributed by atoms with Crippen LogP contribution in [0.5, 0.6) is 0 Å². The zero-order valence-electron chi connectivity index (χ0n) is 15.5. The Kier molecular flexibility index (Phi) is 4.66. The lowest BCUT2D eigenvalue weighted by atomic mass is 9.73. The van der Waals surface area contributed by atoms with Crippen molar-refractivity contribution in [1.29, 1.82) is 0 Å². The summed E-state index contributed by atoms with van der Waals surface area (Å²) in [7, 11) is 1.73. The Hall–Kier alpha value is -1.82. The summed E-state index contributed by atoms with van der Waals surface area (Å²) in [6.45, 7) is 8.05. The maximum atomic E-state index is 13.6. The first-order valence-corrected chi connectivity index (χ1v) is 8.88. The second kappa shape index (κ2) is 6.48. The average molecular weight is 349 g/mol. The molecule has 2 heterocycles. The van der Waals surface area contributed by atoms with Gasteiger partial charge in [0.2, 0.25) is 0 Å². The highest BCUT2D eigenvalue weighted by Gasteiger charge is 2.55. The summed E-state index contributed by atoms with van der Waals surface area (Å²) in [5.74, 6) is -0.226. The minimum Gasteiger partial charge on any atom is -0.377 e. The number of amides is 2. The van der Waals surface area contributed by atoms with Gasteiger partial charge in [-0.15, -0.1) is 0 Å². The maximum Gasteiger partial charge on any atom is 0.317 e. The van der Waals surface area contributed by atoms with Gasteiger partial charge >= 0.3 is 6.03 Å². The molecule has 2 aliphatic rings. The molecule has 2 aliphatic heterocycles.